The Balaban J connectivity index is 1.72. The fourth-order valence-corrected chi connectivity index (χ4v) is 2.43. The van der Waals surface area contributed by atoms with Crippen LogP contribution < -0.4 is 5.32 Å². The zero-order valence-corrected chi connectivity index (χ0v) is 10.7. The Morgan fingerprint density at radius 1 is 1.35 bits per heavy atom. The van der Waals surface area contributed by atoms with Crippen molar-refractivity contribution in [2.24, 2.45) is 0 Å². The van der Waals surface area contributed by atoms with E-state index in [-0.39, 0.29) is 0 Å². The van der Waals surface area contributed by atoms with Gasteiger partial charge in [-0.1, -0.05) is 0 Å². The molecule has 0 aliphatic carbocycles. The summed E-state index contributed by atoms with van der Waals surface area (Å²) in [6.07, 6.45) is 0.643. The van der Waals surface area contributed by atoms with Crippen LogP contribution in [0.2, 0.25) is 0 Å². The predicted molar refractivity (Wildman–Crippen MR) is 65.9 cm³/mol. The summed E-state index contributed by atoms with van der Waals surface area (Å²) in [5.41, 5.74) is 0. The molecule has 2 rings (SSSR count). The molecule has 0 bridgehead atoms. The molecule has 0 aromatic carbocycles. The highest BCUT2D eigenvalue weighted by Gasteiger charge is 2.23. The van der Waals surface area contributed by atoms with Crippen molar-refractivity contribution in [3.8, 4) is 0 Å². The molecule has 0 aromatic rings. The zero-order valence-electron chi connectivity index (χ0n) is 10.7. The lowest BCUT2D eigenvalue weighted by Gasteiger charge is -2.35. The van der Waals surface area contributed by atoms with Crippen LogP contribution in [0.3, 0.4) is 0 Å². The van der Waals surface area contributed by atoms with Gasteiger partial charge in [-0.2, -0.15) is 0 Å². The van der Waals surface area contributed by atoms with Crippen molar-refractivity contribution in [1.29, 1.82) is 0 Å². The molecule has 0 radical (unpaired) electrons. The molecule has 17 heavy (non-hydrogen) atoms. The summed E-state index contributed by atoms with van der Waals surface area (Å²) in [5, 5.41) is 3.30. The highest BCUT2D eigenvalue weighted by Crippen LogP contribution is 2.06. The minimum Gasteiger partial charge on any atom is -0.379 e. The first-order chi connectivity index (χ1) is 8.27. The second-order valence-corrected chi connectivity index (χ2v) is 4.84. The van der Waals surface area contributed by atoms with Crippen LogP contribution in [0.1, 0.15) is 13.3 Å². The number of morpholine rings is 1. The van der Waals surface area contributed by atoms with Gasteiger partial charge in [0.1, 0.15) is 0 Å². The molecular formula is C12H23N3O2. The molecule has 5 nitrogen and oxygen atoms in total. The summed E-state index contributed by atoms with van der Waals surface area (Å²) >= 11 is 0. The molecule has 1 amide bonds. The first-order valence-corrected chi connectivity index (χ1v) is 6.57. The Hall–Kier alpha value is -0.650. The highest BCUT2D eigenvalue weighted by atomic mass is 16.5. The van der Waals surface area contributed by atoms with Gasteiger partial charge in [-0.3, -0.25) is 9.69 Å². The molecule has 0 aromatic heterocycles. The van der Waals surface area contributed by atoms with E-state index in [1.807, 2.05) is 4.90 Å². The van der Waals surface area contributed by atoms with Crippen LogP contribution in [0.5, 0.6) is 0 Å². The maximum absolute atomic E-state index is 12.1. The average Bonchev–Trinajstić information content (AvgIpc) is 2.38. The molecule has 2 fully saturated rings. The summed E-state index contributed by atoms with van der Waals surface area (Å²) in [7, 11) is 0. The Bertz CT molecular complexity index is 254. The number of carbonyl (C=O) groups is 1. The van der Waals surface area contributed by atoms with E-state index in [2.05, 4.69) is 17.1 Å². The summed E-state index contributed by atoms with van der Waals surface area (Å²) in [6, 6.07) is 0.334. The van der Waals surface area contributed by atoms with Crippen LogP contribution in [0, 0.1) is 0 Å². The number of amides is 1. The molecule has 0 saturated carbocycles. The van der Waals surface area contributed by atoms with Crippen molar-refractivity contribution in [1.82, 2.24) is 15.1 Å². The number of ether oxygens (including phenoxy) is 1. The van der Waals surface area contributed by atoms with Crippen molar-refractivity contribution in [3.63, 3.8) is 0 Å². The van der Waals surface area contributed by atoms with Crippen LogP contribution >= 0.6 is 0 Å². The average molecular weight is 241 g/mol. The van der Waals surface area contributed by atoms with E-state index in [1.165, 1.54) is 0 Å². The number of rotatable bonds is 3. The highest BCUT2D eigenvalue weighted by molar-refractivity contribution is 5.76. The van der Waals surface area contributed by atoms with E-state index in [9.17, 15) is 4.79 Å². The Labute approximate surface area is 103 Å². The van der Waals surface area contributed by atoms with Crippen LogP contribution in [-0.4, -0.2) is 74.2 Å². The quantitative estimate of drug-likeness (QED) is 0.725. The van der Waals surface area contributed by atoms with Crippen LogP contribution in [0.4, 0.5) is 0 Å². The van der Waals surface area contributed by atoms with E-state index in [1.54, 1.807) is 0 Å². The third-order valence-electron chi connectivity index (χ3n) is 3.57. The van der Waals surface area contributed by atoms with Crippen LogP contribution in [0.15, 0.2) is 0 Å². The van der Waals surface area contributed by atoms with Gasteiger partial charge in [0.25, 0.3) is 0 Å². The number of piperazine rings is 1. The number of carbonyl (C=O) groups excluding carboxylic acids is 1. The first kappa shape index (κ1) is 12.8. The summed E-state index contributed by atoms with van der Waals surface area (Å²) < 4.78 is 5.29. The second kappa shape index (κ2) is 6.33. The summed E-state index contributed by atoms with van der Waals surface area (Å²) in [5.74, 6) is 0.297. The van der Waals surface area contributed by atoms with Crippen molar-refractivity contribution in [3.05, 3.63) is 0 Å². The number of hydrogen-bond acceptors (Lipinski definition) is 4. The topological polar surface area (TPSA) is 44.8 Å². The van der Waals surface area contributed by atoms with Gasteiger partial charge >= 0.3 is 0 Å². The molecule has 5 heteroatoms. The van der Waals surface area contributed by atoms with Gasteiger partial charge in [-0.05, 0) is 6.92 Å². The Kier molecular flexibility index (Phi) is 4.76. The second-order valence-electron chi connectivity index (χ2n) is 4.84. The molecule has 1 N–H and O–H groups in total. The molecule has 2 aliphatic rings. The third-order valence-corrected chi connectivity index (χ3v) is 3.57. The van der Waals surface area contributed by atoms with E-state index in [4.69, 9.17) is 4.74 Å². The van der Waals surface area contributed by atoms with Crippen molar-refractivity contribution >= 4 is 5.91 Å². The molecule has 98 valence electrons. The first-order valence-electron chi connectivity index (χ1n) is 6.57. The van der Waals surface area contributed by atoms with Gasteiger partial charge < -0.3 is 15.0 Å². The molecule has 1 atom stereocenters. The minimum atomic E-state index is 0.297. The summed E-state index contributed by atoms with van der Waals surface area (Å²) in [4.78, 5) is 16.4. The molecular weight excluding hydrogens is 218 g/mol. The van der Waals surface area contributed by atoms with Gasteiger partial charge in [0.2, 0.25) is 5.91 Å². The van der Waals surface area contributed by atoms with Crippen LogP contribution in [0.25, 0.3) is 0 Å². The number of nitrogens with one attached hydrogen (secondary N) is 1. The van der Waals surface area contributed by atoms with Gasteiger partial charge in [-0.25, -0.2) is 0 Å². The molecule has 0 spiro atoms. The lowest BCUT2D eigenvalue weighted by atomic mass is 10.2. The molecule has 2 heterocycles. The molecule has 1 unspecified atom stereocenters. The predicted octanol–water partition coefficient (Wildman–Crippen LogP) is -0.471. The van der Waals surface area contributed by atoms with Gasteiger partial charge in [0, 0.05) is 51.7 Å². The normalized spacial score (nSPS) is 27.1. The van der Waals surface area contributed by atoms with E-state index < -0.39 is 0 Å². The van der Waals surface area contributed by atoms with Gasteiger partial charge in [0.15, 0.2) is 0 Å². The number of nitrogens with zero attached hydrogens (tertiary/aromatic N) is 2. The van der Waals surface area contributed by atoms with E-state index >= 15 is 0 Å². The smallest absolute Gasteiger partial charge is 0.224 e. The molecule has 2 saturated heterocycles. The van der Waals surface area contributed by atoms with Crippen molar-refractivity contribution in [2.75, 3.05) is 52.5 Å². The lowest BCUT2D eigenvalue weighted by Crippen LogP contribution is -2.52. The SMILES string of the molecule is CC1CNCCN1C(=O)CCN1CCOCC1. The van der Waals surface area contributed by atoms with Gasteiger partial charge in [0.05, 0.1) is 13.2 Å². The Morgan fingerprint density at radius 2 is 2.12 bits per heavy atom. The van der Waals surface area contributed by atoms with Crippen molar-refractivity contribution in [2.45, 2.75) is 19.4 Å². The van der Waals surface area contributed by atoms with Gasteiger partial charge in [-0.15, -0.1) is 0 Å². The van der Waals surface area contributed by atoms with Crippen LogP contribution in [-0.2, 0) is 9.53 Å². The van der Waals surface area contributed by atoms with E-state index in [0.717, 1.165) is 52.5 Å². The standard InChI is InChI=1S/C12H23N3O2/c1-11-10-13-3-5-15(11)12(16)2-4-14-6-8-17-9-7-14/h11,13H,2-10H2,1H3. The molecule has 2 aliphatic heterocycles. The third kappa shape index (κ3) is 3.66. The minimum absolute atomic E-state index is 0.297. The monoisotopic (exact) mass is 241 g/mol. The fourth-order valence-electron chi connectivity index (χ4n) is 2.43. The largest absolute Gasteiger partial charge is 0.379 e. The van der Waals surface area contributed by atoms with Crippen molar-refractivity contribution < 1.29 is 9.53 Å². The Morgan fingerprint density at radius 3 is 2.82 bits per heavy atom. The van der Waals surface area contributed by atoms with E-state index in [0.29, 0.717) is 18.4 Å². The number of hydrogen-bond donors (Lipinski definition) is 1. The fraction of sp³-hybridized carbons (Fsp3) is 0.917. The zero-order chi connectivity index (χ0) is 12.1. The maximum atomic E-state index is 12.1. The summed E-state index contributed by atoms with van der Waals surface area (Å²) in [6.45, 7) is 9.21. The maximum Gasteiger partial charge on any atom is 0.224 e. The lowest BCUT2D eigenvalue weighted by molar-refractivity contribution is -0.134.